The molecule has 2 aromatic heterocycles. The summed E-state index contributed by atoms with van der Waals surface area (Å²) in [5.41, 5.74) is 5.33. The molecule has 8 nitrogen and oxygen atoms in total. The second-order valence-corrected chi connectivity index (χ2v) is 14.4. The summed E-state index contributed by atoms with van der Waals surface area (Å²) in [6.07, 6.45) is 2.45. The van der Waals surface area contributed by atoms with Crippen molar-refractivity contribution in [3.05, 3.63) is 124 Å². The number of nitrogens with zero attached hydrogens (tertiary/aromatic N) is 4. The van der Waals surface area contributed by atoms with Gasteiger partial charge in [0.2, 0.25) is 11.8 Å². The van der Waals surface area contributed by atoms with Gasteiger partial charge in [0.1, 0.15) is 11.6 Å². The van der Waals surface area contributed by atoms with Crippen molar-refractivity contribution in [2.45, 2.75) is 71.4 Å². The Balaban J connectivity index is 1.09. The number of rotatable bonds is 9. The number of hydrogen-bond acceptors (Lipinski definition) is 7. The van der Waals surface area contributed by atoms with Gasteiger partial charge < -0.3 is 5.32 Å². The van der Waals surface area contributed by atoms with Crippen molar-refractivity contribution in [1.82, 2.24) is 25.4 Å². The van der Waals surface area contributed by atoms with Gasteiger partial charge in [0.05, 0.1) is 28.4 Å². The molecular weight excluding hydrogens is 696 g/mol. The molecule has 2 aliphatic rings. The number of alkyl halides is 2. The van der Waals surface area contributed by atoms with Gasteiger partial charge in [-0.25, -0.2) is 17.6 Å². The molecule has 3 aromatic carbocycles. The van der Waals surface area contributed by atoms with Crippen LogP contribution in [0.1, 0.15) is 84.7 Å². The van der Waals surface area contributed by atoms with Crippen LogP contribution >= 0.6 is 0 Å². The van der Waals surface area contributed by atoms with Crippen molar-refractivity contribution in [3.8, 4) is 11.3 Å². The average molecular weight is 737 g/mol. The maximum absolute atomic E-state index is 15.3. The minimum absolute atomic E-state index is 0.0766. The topological polar surface area (TPSA) is 100 Å². The lowest BCUT2D eigenvalue weighted by Crippen LogP contribution is -2.49. The van der Waals surface area contributed by atoms with Gasteiger partial charge in [-0.3, -0.25) is 24.8 Å². The van der Waals surface area contributed by atoms with Crippen molar-refractivity contribution in [2.75, 3.05) is 18.4 Å². The van der Waals surface area contributed by atoms with E-state index in [4.69, 9.17) is 0 Å². The number of carbonyl (C=O) groups excluding carboxylic acids is 2. The number of imide groups is 1. The van der Waals surface area contributed by atoms with E-state index in [-0.39, 0.29) is 23.2 Å². The Hall–Kier alpha value is -5.49. The van der Waals surface area contributed by atoms with Crippen molar-refractivity contribution in [1.29, 1.82) is 0 Å². The standard InChI is InChI=1S/C42H40F4N6O2/c1-23-18-29(42(4)15-12-37(53)49-41(42)54)9-10-30(23)26-13-16-52(17-14-26)22-28-19-27(8-11-35(28)43)36-20-33-34(21-47-36)25(3)50-51-40(33)48-24(2)31-6-5-7-32(38(31)44)39(45)46/h5-11,13,18-21,24,39H,12,14-17,22H2,1-4H3,(H,48,51)(H,49,53,54)/t24-,42-/m1/s1. The van der Waals surface area contributed by atoms with Gasteiger partial charge >= 0.3 is 0 Å². The van der Waals surface area contributed by atoms with E-state index in [1.54, 1.807) is 32.2 Å². The van der Waals surface area contributed by atoms with E-state index in [1.807, 2.05) is 32.0 Å². The molecule has 5 aromatic rings. The number of benzene rings is 3. The number of carbonyl (C=O) groups is 2. The average Bonchev–Trinajstić information content (AvgIpc) is 3.15. The third-order valence-corrected chi connectivity index (χ3v) is 10.8. The number of halogens is 4. The second kappa shape index (κ2) is 14.7. The highest BCUT2D eigenvalue weighted by Gasteiger charge is 2.40. The lowest BCUT2D eigenvalue weighted by atomic mass is 9.74. The number of aromatic nitrogens is 3. The molecule has 2 amide bonds. The van der Waals surface area contributed by atoms with E-state index >= 15 is 4.39 Å². The maximum Gasteiger partial charge on any atom is 0.266 e. The number of nitrogens with one attached hydrogen (secondary N) is 2. The van der Waals surface area contributed by atoms with Crippen LogP contribution in [-0.2, 0) is 21.5 Å². The number of amides is 2. The number of anilines is 1. The zero-order chi connectivity index (χ0) is 38.3. The Morgan fingerprint density at radius 2 is 1.76 bits per heavy atom. The molecule has 1 saturated heterocycles. The van der Waals surface area contributed by atoms with Gasteiger partial charge in [-0.05, 0) is 87.1 Å². The molecule has 2 aliphatic heterocycles. The largest absolute Gasteiger partial charge is 0.361 e. The van der Waals surface area contributed by atoms with Crippen LogP contribution in [0, 0.1) is 25.5 Å². The summed E-state index contributed by atoms with van der Waals surface area (Å²) in [5, 5.41) is 15.5. The van der Waals surface area contributed by atoms with E-state index in [0.29, 0.717) is 65.0 Å². The summed E-state index contributed by atoms with van der Waals surface area (Å²) >= 11 is 0. The summed E-state index contributed by atoms with van der Waals surface area (Å²) in [5.74, 6) is -1.46. The van der Waals surface area contributed by atoms with Gasteiger partial charge in [-0.1, -0.05) is 42.5 Å². The molecule has 0 aliphatic carbocycles. The van der Waals surface area contributed by atoms with Crippen molar-refractivity contribution >= 4 is 34.0 Å². The SMILES string of the molecule is Cc1cc([C@@]2(C)CCC(=O)NC2=O)ccc1C1=CCN(Cc2cc(-c3cc4c(N[C@H](C)c5cccc(C(F)F)c5F)nnc(C)c4cn3)ccc2F)CC1. The minimum Gasteiger partial charge on any atom is -0.361 e. The van der Waals surface area contributed by atoms with E-state index in [0.717, 1.165) is 35.7 Å². The Kier molecular flexibility index (Phi) is 10.1. The highest BCUT2D eigenvalue weighted by molar-refractivity contribution is 6.03. The summed E-state index contributed by atoms with van der Waals surface area (Å²) in [6, 6.07) is 16.0. The summed E-state index contributed by atoms with van der Waals surface area (Å²) in [6.45, 7) is 9.10. The lowest BCUT2D eigenvalue weighted by Gasteiger charge is -2.33. The fourth-order valence-corrected chi connectivity index (χ4v) is 7.43. The molecule has 12 heteroatoms. The van der Waals surface area contributed by atoms with Crippen molar-refractivity contribution in [2.24, 2.45) is 0 Å². The van der Waals surface area contributed by atoms with Crippen molar-refractivity contribution < 1.29 is 27.2 Å². The first-order valence-electron chi connectivity index (χ1n) is 17.9. The zero-order valence-electron chi connectivity index (χ0n) is 30.4. The fourth-order valence-electron chi connectivity index (χ4n) is 7.43. The number of hydrogen-bond donors (Lipinski definition) is 2. The van der Waals surface area contributed by atoms with Crippen LogP contribution in [0.3, 0.4) is 0 Å². The molecule has 0 radical (unpaired) electrons. The van der Waals surface area contributed by atoms with E-state index in [1.165, 1.54) is 23.8 Å². The first kappa shape index (κ1) is 36.9. The molecule has 1 fully saturated rings. The quantitative estimate of drug-likeness (QED) is 0.115. The van der Waals surface area contributed by atoms with Gasteiger partial charge in [0.15, 0.2) is 5.82 Å². The van der Waals surface area contributed by atoms with Crippen LogP contribution in [0.4, 0.5) is 23.4 Å². The van der Waals surface area contributed by atoms with Crippen LogP contribution in [-0.4, -0.2) is 45.0 Å². The molecule has 54 heavy (non-hydrogen) atoms. The summed E-state index contributed by atoms with van der Waals surface area (Å²) in [7, 11) is 0. The molecular formula is C42H40F4N6O2. The van der Waals surface area contributed by atoms with Crippen LogP contribution in [0.15, 0.2) is 72.9 Å². The molecule has 2 atom stereocenters. The number of pyridine rings is 1. The first-order valence-corrected chi connectivity index (χ1v) is 17.9. The lowest BCUT2D eigenvalue weighted by molar-refractivity contribution is -0.137. The van der Waals surface area contributed by atoms with Gasteiger partial charge in [-0.15, -0.1) is 5.10 Å². The third kappa shape index (κ3) is 7.10. The van der Waals surface area contributed by atoms with E-state index < -0.39 is 29.3 Å². The molecule has 2 N–H and O–H groups in total. The first-order chi connectivity index (χ1) is 25.8. The fraction of sp³-hybridized carbons (Fsp3) is 0.310. The zero-order valence-corrected chi connectivity index (χ0v) is 30.4. The Bertz CT molecular complexity index is 2330. The Morgan fingerprint density at radius 1 is 0.963 bits per heavy atom. The number of fused-ring (bicyclic) bond motifs is 1. The van der Waals surface area contributed by atoms with Crippen LogP contribution < -0.4 is 10.6 Å². The minimum atomic E-state index is -2.94. The number of piperidine rings is 1. The Morgan fingerprint density at radius 3 is 2.48 bits per heavy atom. The normalized spacial score (nSPS) is 18.5. The van der Waals surface area contributed by atoms with Gasteiger partial charge in [0, 0.05) is 59.7 Å². The number of aryl methyl sites for hydroxylation is 2. The van der Waals surface area contributed by atoms with Crippen molar-refractivity contribution in [3.63, 3.8) is 0 Å². The molecule has 0 saturated carbocycles. The molecule has 7 rings (SSSR count). The predicted molar refractivity (Wildman–Crippen MR) is 200 cm³/mol. The predicted octanol–water partition coefficient (Wildman–Crippen LogP) is 8.68. The summed E-state index contributed by atoms with van der Waals surface area (Å²) in [4.78, 5) is 31.3. The van der Waals surface area contributed by atoms with E-state index in [2.05, 4.69) is 42.9 Å². The smallest absolute Gasteiger partial charge is 0.266 e. The van der Waals surface area contributed by atoms with E-state index in [9.17, 15) is 22.8 Å². The van der Waals surface area contributed by atoms with Crippen LogP contribution in [0.25, 0.3) is 27.6 Å². The molecule has 278 valence electrons. The second-order valence-electron chi connectivity index (χ2n) is 14.4. The molecule has 0 spiro atoms. The molecule has 0 unspecified atom stereocenters. The van der Waals surface area contributed by atoms with Gasteiger partial charge in [0.25, 0.3) is 6.43 Å². The highest BCUT2D eigenvalue weighted by Crippen LogP contribution is 2.36. The molecule has 4 heterocycles. The van der Waals surface area contributed by atoms with Crippen LogP contribution in [0.5, 0.6) is 0 Å². The highest BCUT2D eigenvalue weighted by atomic mass is 19.3. The maximum atomic E-state index is 15.3. The third-order valence-electron chi connectivity index (χ3n) is 10.8. The molecule has 0 bridgehead atoms. The van der Waals surface area contributed by atoms with Crippen LogP contribution in [0.2, 0.25) is 0 Å². The van der Waals surface area contributed by atoms with Gasteiger partial charge in [-0.2, -0.15) is 5.10 Å². The monoisotopic (exact) mass is 736 g/mol. The summed E-state index contributed by atoms with van der Waals surface area (Å²) < 4.78 is 57.0. The Labute approximate surface area is 310 Å².